The first-order valence-corrected chi connectivity index (χ1v) is 11.8. The average molecular weight is 435 g/mol. The third-order valence-corrected chi connectivity index (χ3v) is 7.00. The van der Waals surface area contributed by atoms with Crippen molar-refractivity contribution in [1.29, 1.82) is 0 Å². The fourth-order valence-corrected chi connectivity index (χ4v) is 5.27. The standard InChI is InChI=1S/C24H35FN2O4/c1-29-22-6-4-12-27-21(22)5-2-3-11-26(19-9-14-30-15-10-19)13-16-31-23-17-18(24(27)28)7-8-20(23)25/h7-8,17,19,21-22H,2-6,9-16H2,1H3/t21-,22-/m1/s1. The minimum absolute atomic E-state index is 0.0494. The number of carbonyl (C=O) groups is 1. The molecule has 1 aromatic carbocycles. The van der Waals surface area contributed by atoms with Crippen LogP contribution in [-0.4, -0.2) is 80.5 Å². The number of hydrogen-bond acceptors (Lipinski definition) is 5. The maximum atomic E-state index is 14.4. The van der Waals surface area contributed by atoms with E-state index in [4.69, 9.17) is 14.2 Å². The second kappa shape index (κ2) is 10.7. The molecule has 0 aliphatic carbocycles. The predicted molar refractivity (Wildman–Crippen MR) is 116 cm³/mol. The van der Waals surface area contributed by atoms with Crippen molar-refractivity contribution < 1.29 is 23.4 Å². The molecule has 6 nitrogen and oxygen atoms in total. The van der Waals surface area contributed by atoms with Crippen LogP contribution in [0.5, 0.6) is 5.75 Å². The molecule has 2 atom stereocenters. The van der Waals surface area contributed by atoms with E-state index in [9.17, 15) is 9.18 Å². The lowest BCUT2D eigenvalue weighted by molar-refractivity contribution is -0.0160. The molecule has 0 aromatic heterocycles. The zero-order valence-corrected chi connectivity index (χ0v) is 18.6. The number of piperidine rings is 1. The predicted octanol–water partition coefficient (Wildman–Crippen LogP) is 3.49. The number of halogens is 1. The highest BCUT2D eigenvalue weighted by Crippen LogP contribution is 2.28. The van der Waals surface area contributed by atoms with Crippen molar-refractivity contribution in [3.05, 3.63) is 29.6 Å². The highest BCUT2D eigenvalue weighted by atomic mass is 19.1. The molecule has 0 unspecified atom stereocenters. The van der Waals surface area contributed by atoms with Crippen molar-refractivity contribution in [3.8, 4) is 5.75 Å². The highest BCUT2D eigenvalue weighted by molar-refractivity contribution is 5.95. The second-order valence-corrected chi connectivity index (χ2v) is 8.85. The number of amides is 1. The van der Waals surface area contributed by atoms with Gasteiger partial charge in [-0.25, -0.2) is 4.39 Å². The smallest absolute Gasteiger partial charge is 0.254 e. The summed E-state index contributed by atoms with van der Waals surface area (Å²) in [5.74, 6) is -0.324. The Morgan fingerprint density at radius 1 is 1.00 bits per heavy atom. The molecule has 31 heavy (non-hydrogen) atoms. The monoisotopic (exact) mass is 434 g/mol. The average Bonchev–Trinajstić information content (AvgIpc) is 2.81. The molecule has 0 saturated carbocycles. The maximum Gasteiger partial charge on any atom is 0.254 e. The summed E-state index contributed by atoms with van der Waals surface area (Å²) in [6, 6.07) is 5.02. The van der Waals surface area contributed by atoms with Gasteiger partial charge in [0.25, 0.3) is 5.91 Å². The first-order chi connectivity index (χ1) is 15.2. The Kier molecular flexibility index (Phi) is 7.80. The molecule has 1 amide bonds. The van der Waals surface area contributed by atoms with Crippen molar-refractivity contribution in [1.82, 2.24) is 9.80 Å². The summed E-state index contributed by atoms with van der Waals surface area (Å²) in [5, 5.41) is 0. The van der Waals surface area contributed by atoms with E-state index in [2.05, 4.69) is 4.90 Å². The number of nitrogens with zero attached hydrogens (tertiary/aromatic N) is 2. The molecule has 0 N–H and O–H groups in total. The van der Waals surface area contributed by atoms with Gasteiger partial charge in [-0.15, -0.1) is 0 Å². The van der Waals surface area contributed by atoms with Crippen molar-refractivity contribution in [2.45, 2.75) is 63.1 Å². The molecule has 2 fully saturated rings. The lowest BCUT2D eigenvalue weighted by Gasteiger charge is -2.41. The Balaban J connectivity index is 1.57. The fraction of sp³-hybridized carbons (Fsp3) is 0.708. The van der Waals surface area contributed by atoms with Crippen LogP contribution in [-0.2, 0) is 9.47 Å². The Labute approximate surface area is 184 Å². The van der Waals surface area contributed by atoms with Crippen molar-refractivity contribution in [2.24, 2.45) is 0 Å². The summed E-state index contributed by atoms with van der Waals surface area (Å²) in [7, 11) is 1.74. The Hall–Kier alpha value is -1.70. The van der Waals surface area contributed by atoms with Crippen LogP contribution in [0.15, 0.2) is 18.2 Å². The van der Waals surface area contributed by atoms with Crippen LogP contribution < -0.4 is 4.74 Å². The van der Waals surface area contributed by atoms with Crippen molar-refractivity contribution in [2.75, 3.05) is 46.6 Å². The molecule has 7 heteroatoms. The molecule has 4 rings (SSSR count). The van der Waals surface area contributed by atoms with Gasteiger partial charge in [-0.3, -0.25) is 9.69 Å². The number of ether oxygens (including phenoxy) is 3. The zero-order valence-electron chi connectivity index (χ0n) is 18.6. The van der Waals surface area contributed by atoms with Gasteiger partial charge < -0.3 is 19.1 Å². The van der Waals surface area contributed by atoms with E-state index in [0.29, 0.717) is 24.8 Å². The molecule has 1 aromatic rings. The van der Waals surface area contributed by atoms with Crippen LogP contribution in [0, 0.1) is 5.82 Å². The van der Waals surface area contributed by atoms with Gasteiger partial charge >= 0.3 is 0 Å². The maximum absolute atomic E-state index is 14.4. The van der Waals surface area contributed by atoms with E-state index in [1.807, 2.05) is 4.90 Å². The zero-order chi connectivity index (χ0) is 21.6. The molecular weight excluding hydrogens is 399 g/mol. The van der Waals surface area contributed by atoms with Gasteiger partial charge in [-0.05, 0) is 63.3 Å². The highest BCUT2D eigenvalue weighted by Gasteiger charge is 2.35. The quantitative estimate of drug-likeness (QED) is 0.713. The summed E-state index contributed by atoms with van der Waals surface area (Å²) in [6.07, 6.45) is 7.03. The number of methoxy groups -OCH3 is 1. The molecule has 3 aliphatic heterocycles. The van der Waals surface area contributed by atoms with Gasteiger partial charge in [0.15, 0.2) is 11.6 Å². The van der Waals surface area contributed by atoms with Gasteiger partial charge in [0.05, 0.1) is 12.1 Å². The van der Waals surface area contributed by atoms with E-state index in [1.54, 1.807) is 19.2 Å². The molecular formula is C24H35FN2O4. The number of hydrogen-bond donors (Lipinski definition) is 0. The van der Waals surface area contributed by atoms with E-state index in [-0.39, 0.29) is 23.8 Å². The van der Waals surface area contributed by atoms with Crippen LogP contribution >= 0.6 is 0 Å². The van der Waals surface area contributed by atoms with E-state index in [0.717, 1.165) is 71.2 Å². The SMILES string of the molecule is CO[C@@H]1CCCN2C(=O)c3ccc(F)c(c3)OCCN(C3CCOCC3)CCCC[C@H]12. The van der Waals surface area contributed by atoms with Crippen molar-refractivity contribution >= 4 is 5.91 Å². The summed E-state index contributed by atoms with van der Waals surface area (Å²) in [4.78, 5) is 17.7. The van der Waals surface area contributed by atoms with Gasteiger partial charge in [0, 0.05) is 45.0 Å². The first-order valence-electron chi connectivity index (χ1n) is 11.8. The third-order valence-electron chi connectivity index (χ3n) is 7.00. The van der Waals surface area contributed by atoms with E-state index >= 15 is 0 Å². The number of rotatable bonds is 2. The van der Waals surface area contributed by atoms with E-state index in [1.165, 1.54) is 6.07 Å². The normalized spacial score (nSPS) is 27.3. The molecule has 0 spiro atoms. The van der Waals surface area contributed by atoms with Gasteiger partial charge in [-0.1, -0.05) is 6.42 Å². The number of benzene rings is 1. The van der Waals surface area contributed by atoms with Gasteiger partial charge in [0.2, 0.25) is 0 Å². The second-order valence-electron chi connectivity index (χ2n) is 8.85. The van der Waals surface area contributed by atoms with Crippen LogP contribution in [0.25, 0.3) is 0 Å². The number of carbonyl (C=O) groups excluding carboxylic acids is 1. The van der Waals surface area contributed by atoms with Gasteiger partial charge in [0.1, 0.15) is 6.61 Å². The number of fused-ring (bicyclic) bond motifs is 3. The minimum Gasteiger partial charge on any atom is -0.489 e. The topological polar surface area (TPSA) is 51.2 Å². The lowest BCUT2D eigenvalue weighted by atomic mass is 9.93. The fourth-order valence-electron chi connectivity index (χ4n) is 5.27. The van der Waals surface area contributed by atoms with Crippen LogP contribution in [0.4, 0.5) is 4.39 Å². The Morgan fingerprint density at radius 3 is 2.65 bits per heavy atom. The lowest BCUT2D eigenvalue weighted by Crippen LogP contribution is -2.51. The Morgan fingerprint density at radius 2 is 1.84 bits per heavy atom. The Bertz CT molecular complexity index is 740. The molecule has 3 aliphatic rings. The molecule has 172 valence electrons. The van der Waals surface area contributed by atoms with Crippen LogP contribution in [0.1, 0.15) is 55.3 Å². The summed E-state index contributed by atoms with van der Waals surface area (Å²) >= 11 is 0. The van der Waals surface area contributed by atoms with Crippen molar-refractivity contribution in [3.63, 3.8) is 0 Å². The van der Waals surface area contributed by atoms with Crippen LogP contribution in [0.2, 0.25) is 0 Å². The van der Waals surface area contributed by atoms with E-state index < -0.39 is 5.82 Å². The van der Waals surface area contributed by atoms with Gasteiger partial charge in [-0.2, -0.15) is 0 Å². The third kappa shape index (κ3) is 5.38. The largest absolute Gasteiger partial charge is 0.489 e. The first kappa shape index (κ1) is 22.5. The molecule has 2 bridgehead atoms. The summed E-state index contributed by atoms with van der Waals surface area (Å²) in [6.45, 7) is 4.45. The van der Waals surface area contributed by atoms with Crippen LogP contribution in [0.3, 0.4) is 0 Å². The molecule has 2 saturated heterocycles. The molecule has 3 heterocycles. The summed E-state index contributed by atoms with van der Waals surface area (Å²) < 4.78 is 31.5. The summed E-state index contributed by atoms with van der Waals surface area (Å²) in [5.41, 5.74) is 0.483. The molecule has 0 radical (unpaired) electrons. The minimum atomic E-state index is -0.425.